The predicted molar refractivity (Wildman–Crippen MR) is 82.0 cm³/mol. The van der Waals surface area contributed by atoms with Crippen LogP contribution in [0, 0.1) is 5.92 Å². The summed E-state index contributed by atoms with van der Waals surface area (Å²) >= 11 is 0. The van der Waals surface area contributed by atoms with Gasteiger partial charge in [-0.15, -0.1) is 0 Å². The van der Waals surface area contributed by atoms with E-state index in [2.05, 4.69) is 4.74 Å². The predicted octanol–water partition coefficient (Wildman–Crippen LogP) is 2.52. The third-order valence-corrected chi connectivity index (χ3v) is 3.26. The SMILES string of the molecule is COc1cc(/C=C/C(=O)[C@H]2C(=O)C=C(C)OC2=O)ccc1OC(F)F. The summed E-state index contributed by atoms with van der Waals surface area (Å²) in [7, 11) is 1.28. The largest absolute Gasteiger partial charge is 0.493 e. The van der Waals surface area contributed by atoms with Crippen LogP contribution in [-0.4, -0.2) is 31.3 Å². The van der Waals surface area contributed by atoms with E-state index < -0.39 is 30.1 Å². The molecular formula is C17H14F2O6. The van der Waals surface area contributed by atoms with Crippen LogP contribution in [0.15, 0.2) is 36.1 Å². The normalized spacial score (nSPS) is 17.5. The molecule has 1 aliphatic rings. The summed E-state index contributed by atoms with van der Waals surface area (Å²) in [6, 6.07) is 4.03. The van der Waals surface area contributed by atoms with Crippen LogP contribution in [-0.2, 0) is 19.1 Å². The monoisotopic (exact) mass is 352 g/mol. The van der Waals surface area contributed by atoms with Crippen LogP contribution in [0.3, 0.4) is 0 Å². The number of rotatable bonds is 6. The van der Waals surface area contributed by atoms with E-state index in [9.17, 15) is 23.2 Å². The number of alkyl halides is 2. The van der Waals surface area contributed by atoms with Crippen molar-refractivity contribution in [3.05, 3.63) is 41.7 Å². The van der Waals surface area contributed by atoms with Gasteiger partial charge in [0.25, 0.3) is 0 Å². The van der Waals surface area contributed by atoms with Gasteiger partial charge in [-0.05, 0) is 30.7 Å². The highest BCUT2D eigenvalue weighted by atomic mass is 19.3. The Morgan fingerprint density at radius 1 is 1.28 bits per heavy atom. The molecule has 2 rings (SSSR count). The molecule has 0 aromatic heterocycles. The van der Waals surface area contributed by atoms with Gasteiger partial charge in [0.1, 0.15) is 5.76 Å². The van der Waals surface area contributed by atoms with E-state index in [0.29, 0.717) is 5.56 Å². The molecule has 0 unspecified atom stereocenters. The smallest absolute Gasteiger partial charge is 0.387 e. The summed E-state index contributed by atoms with van der Waals surface area (Å²) in [6.45, 7) is -1.57. The van der Waals surface area contributed by atoms with E-state index in [1.54, 1.807) is 0 Å². The van der Waals surface area contributed by atoms with Gasteiger partial charge in [0.15, 0.2) is 29.0 Å². The Hall–Kier alpha value is -3.03. The molecule has 0 spiro atoms. The number of carbonyl (C=O) groups excluding carboxylic acids is 3. The van der Waals surface area contributed by atoms with E-state index in [1.807, 2.05) is 0 Å². The number of cyclic esters (lactones) is 1. The average molecular weight is 352 g/mol. The molecule has 6 nitrogen and oxygen atoms in total. The molecule has 1 atom stereocenters. The molecule has 0 fully saturated rings. The first-order valence-corrected chi connectivity index (χ1v) is 7.10. The van der Waals surface area contributed by atoms with Crippen LogP contribution >= 0.6 is 0 Å². The number of esters is 1. The summed E-state index contributed by atoms with van der Waals surface area (Å²) in [6.07, 6.45) is 3.45. The number of ketones is 2. The second kappa shape index (κ2) is 7.69. The third kappa shape index (κ3) is 4.50. The molecule has 0 aliphatic carbocycles. The van der Waals surface area contributed by atoms with Crippen molar-refractivity contribution in [1.82, 2.24) is 0 Å². The number of hydrogen-bond acceptors (Lipinski definition) is 6. The summed E-state index contributed by atoms with van der Waals surface area (Å²) in [5, 5.41) is 0. The fraction of sp³-hybridized carbons (Fsp3) is 0.235. The van der Waals surface area contributed by atoms with Gasteiger partial charge in [-0.25, -0.2) is 0 Å². The molecule has 0 saturated carbocycles. The van der Waals surface area contributed by atoms with Gasteiger partial charge in [-0.2, -0.15) is 8.78 Å². The van der Waals surface area contributed by atoms with Crippen molar-refractivity contribution < 1.29 is 37.4 Å². The van der Waals surface area contributed by atoms with Gasteiger partial charge >= 0.3 is 12.6 Å². The molecule has 8 heteroatoms. The summed E-state index contributed by atoms with van der Waals surface area (Å²) < 4.78 is 38.6. The molecule has 0 N–H and O–H groups in total. The molecular weight excluding hydrogens is 338 g/mol. The lowest BCUT2D eigenvalue weighted by Crippen LogP contribution is -2.34. The van der Waals surface area contributed by atoms with Crippen molar-refractivity contribution in [3.63, 3.8) is 0 Å². The third-order valence-electron chi connectivity index (χ3n) is 3.26. The first kappa shape index (κ1) is 18.3. The van der Waals surface area contributed by atoms with Gasteiger partial charge in [0.05, 0.1) is 7.11 Å². The standard InChI is InChI=1S/C17H14F2O6/c1-9-7-12(21)15(16(22)24-9)11(20)5-3-10-4-6-13(25-17(18)19)14(8-10)23-2/h3-8,15,17H,1-2H3/b5-3+/t15-/m0/s1. The van der Waals surface area contributed by atoms with E-state index in [-0.39, 0.29) is 17.3 Å². The van der Waals surface area contributed by atoms with Crippen LogP contribution in [0.2, 0.25) is 0 Å². The minimum atomic E-state index is -3.00. The van der Waals surface area contributed by atoms with Gasteiger partial charge in [0.2, 0.25) is 0 Å². The lowest BCUT2D eigenvalue weighted by Gasteiger charge is -2.15. The number of carbonyl (C=O) groups is 3. The zero-order valence-electron chi connectivity index (χ0n) is 13.3. The Morgan fingerprint density at radius 3 is 2.60 bits per heavy atom. The van der Waals surface area contributed by atoms with Crippen LogP contribution < -0.4 is 9.47 Å². The molecule has 1 aromatic carbocycles. The van der Waals surface area contributed by atoms with Crippen LogP contribution in [0.4, 0.5) is 8.78 Å². The topological polar surface area (TPSA) is 78.9 Å². The molecule has 1 aliphatic heterocycles. The number of hydrogen-bond donors (Lipinski definition) is 0. The summed E-state index contributed by atoms with van der Waals surface area (Å²) in [5.74, 6) is -3.86. The Bertz CT molecular complexity index is 766. The molecule has 0 radical (unpaired) electrons. The first-order chi connectivity index (χ1) is 11.8. The quantitative estimate of drug-likeness (QED) is 0.445. The maximum absolute atomic E-state index is 12.3. The maximum atomic E-state index is 12.3. The van der Waals surface area contributed by atoms with Crippen LogP contribution in [0.25, 0.3) is 6.08 Å². The fourth-order valence-corrected chi connectivity index (χ4v) is 2.16. The molecule has 25 heavy (non-hydrogen) atoms. The highest BCUT2D eigenvalue weighted by molar-refractivity contribution is 6.25. The molecule has 0 amide bonds. The van der Waals surface area contributed by atoms with Crippen molar-refractivity contribution in [2.45, 2.75) is 13.5 Å². The summed E-state index contributed by atoms with van der Waals surface area (Å²) in [4.78, 5) is 35.5. The average Bonchev–Trinajstić information content (AvgIpc) is 2.52. The van der Waals surface area contributed by atoms with Crippen molar-refractivity contribution in [2.75, 3.05) is 7.11 Å². The van der Waals surface area contributed by atoms with Crippen LogP contribution in [0.5, 0.6) is 11.5 Å². The maximum Gasteiger partial charge on any atom is 0.387 e. The van der Waals surface area contributed by atoms with Crippen molar-refractivity contribution in [3.8, 4) is 11.5 Å². The highest BCUT2D eigenvalue weighted by Crippen LogP contribution is 2.30. The summed E-state index contributed by atoms with van der Waals surface area (Å²) in [5.41, 5.74) is 0.426. The fourth-order valence-electron chi connectivity index (χ4n) is 2.16. The zero-order valence-corrected chi connectivity index (χ0v) is 13.3. The molecule has 132 valence electrons. The number of halogens is 2. The van der Waals surface area contributed by atoms with E-state index >= 15 is 0 Å². The Morgan fingerprint density at radius 2 is 2.00 bits per heavy atom. The van der Waals surface area contributed by atoms with Crippen LogP contribution in [0.1, 0.15) is 12.5 Å². The Labute approximate surface area is 141 Å². The highest BCUT2D eigenvalue weighted by Gasteiger charge is 2.36. The molecule has 0 saturated heterocycles. The minimum absolute atomic E-state index is 0.0432. The van der Waals surface area contributed by atoms with Crippen molar-refractivity contribution in [1.29, 1.82) is 0 Å². The van der Waals surface area contributed by atoms with E-state index in [1.165, 1.54) is 38.3 Å². The molecule has 0 bridgehead atoms. The lowest BCUT2D eigenvalue weighted by atomic mass is 9.96. The second-order valence-corrected chi connectivity index (χ2v) is 5.04. The van der Waals surface area contributed by atoms with Gasteiger partial charge in [-0.1, -0.05) is 12.1 Å². The number of ether oxygens (including phenoxy) is 3. The number of benzene rings is 1. The molecule has 1 aromatic rings. The zero-order chi connectivity index (χ0) is 18.6. The van der Waals surface area contributed by atoms with Gasteiger partial charge in [-0.3, -0.25) is 14.4 Å². The van der Waals surface area contributed by atoms with Crippen molar-refractivity contribution >= 4 is 23.6 Å². The Balaban J connectivity index is 2.17. The lowest BCUT2D eigenvalue weighted by molar-refractivity contribution is -0.151. The van der Waals surface area contributed by atoms with Gasteiger partial charge < -0.3 is 14.2 Å². The van der Waals surface area contributed by atoms with E-state index in [4.69, 9.17) is 9.47 Å². The second-order valence-electron chi connectivity index (χ2n) is 5.04. The van der Waals surface area contributed by atoms with Gasteiger partial charge in [0, 0.05) is 6.08 Å². The number of allylic oxidation sites excluding steroid dienone is 3. The number of methoxy groups -OCH3 is 1. The minimum Gasteiger partial charge on any atom is -0.493 e. The van der Waals surface area contributed by atoms with Crippen molar-refractivity contribution in [2.24, 2.45) is 5.92 Å². The van der Waals surface area contributed by atoms with E-state index in [0.717, 1.165) is 12.2 Å². The first-order valence-electron chi connectivity index (χ1n) is 7.10. The Kier molecular flexibility index (Phi) is 5.63. The molecule has 1 heterocycles.